The van der Waals surface area contributed by atoms with Gasteiger partial charge in [-0.1, -0.05) is 10.3 Å². The Hall–Kier alpha value is -3.23. The topological polar surface area (TPSA) is 110 Å². The van der Waals surface area contributed by atoms with Crippen LogP contribution < -0.4 is 5.32 Å². The van der Waals surface area contributed by atoms with E-state index in [-0.39, 0.29) is 11.8 Å². The van der Waals surface area contributed by atoms with Crippen LogP contribution in [0.1, 0.15) is 64.8 Å². The molecule has 0 bridgehead atoms. The van der Waals surface area contributed by atoms with Gasteiger partial charge in [-0.05, 0) is 46.5 Å². The summed E-state index contributed by atoms with van der Waals surface area (Å²) >= 11 is 0. The fourth-order valence-corrected chi connectivity index (χ4v) is 4.17. The molecule has 1 aliphatic heterocycles. The van der Waals surface area contributed by atoms with Crippen molar-refractivity contribution in [3.05, 3.63) is 40.7 Å². The maximum atomic E-state index is 13.0. The first-order chi connectivity index (χ1) is 15.0. The molecule has 0 atom stereocenters. The quantitative estimate of drug-likeness (QED) is 0.664. The van der Waals surface area contributed by atoms with Crippen LogP contribution in [0.5, 0.6) is 0 Å². The number of carbonyl (C=O) groups excluding carboxylic acids is 1. The highest BCUT2D eigenvalue weighted by Gasteiger charge is 2.31. The van der Waals surface area contributed by atoms with Crippen molar-refractivity contribution in [2.75, 3.05) is 18.4 Å². The van der Waals surface area contributed by atoms with E-state index in [1.807, 2.05) is 24.1 Å². The van der Waals surface area contributed by atoms with E-state index < -0.39 is 0 Å². The number of piperidine rings is 1. The molecule has 1 amide bonds. The van der Waals surface area contributed by atoms with Crippen LogP contribution in [-0.4, -0.2) is 50.2 Å². The summed E-state index contributed by atoms with van der Waals surface area (Å²) in [4.78, 5) is 24.2. The molecule has 31 heavy (non-hydrogen) atoms. The average Bonchev–Trinajstić information content (AvgIpc) is 3.38. The van der Waals surface area contributed by atoms with E-state index in [0.717, 1.165) is 42.6 Å². The Kier molecular flexibility index (Phi) is 4.95. The van der Waals surface area contributed by atoms with Gasteiger partial charge in [-0.2, -0.15) is 0 Å². The first-order valence-electron chi connectivity index (χ1n) is 10.8. The van der Waals surface area contributed by atoms with Crippen LogP contribution in [0.3, 0.4) is 0 Å². The zero-order chi connectivity index (χ0) is 21.5. The van der Waals surface area contributed by atoms with Crippen molar-refractivity contribution < 1.29 is 13.8 Å². The van der Waals surface area contributed by atoms with Crippen molar-refractivity contribution in [3.8, 4) is 11.3 Å². The molecule has 1 N–H and O–H groups in total. The fraction of sp³-hybridized carbons (Fsp3) is 0.500. The van der Waals surface area contributed by atoms with Gasteiger partial charge in [0.2, 0.25) is 5.95 Å². The summed E-state index contributed by atoms with van der Waals surface area (Å²) in [6.45, 7) is 6.78. The molecule has 1 saturated heterocycles. The third-order valence-electron chi connectivity index (χ3n) is 6.04. The number of carbonyl (C=O) groups is 1. The lowest BCUT2D eigenvalue weighted by Gasteiger charge is -2.32. The smallest absolute Gasteiger partial charge is 0.259 e. The number of hydrogen-bond acceptors (Lipinski definition) is 8. The van der Waals surface area contributed by atoms with Gasteiger partial charge in [0, 0.05) is 37.3 Å². The number of nitrogens with zero attached hydrogens (tertiary/aromatic N) is 5. The summed E-state index contributed by atoms with van der Waals surface area (Å²) in [7, 11) is 0. The molecule has 0 unspecified atom stereocenters. The summed E-state index contributed by atoms with van der Waals surface area (Å²) in [5.41, 5.74) is 3.87. The lowest BCUT2D eigenvalue weighted by Crippen LogP contribution is -2.38. The molecule has 0 radical (unpaired) electrons. The van der Waals surface area contributed by atoms with Crippen LogP contribution in [0.25, 0.3) is 11.3 Å². The number of aromatic nitrogens is 4. The first-order valence-corrected chi connectivity index (χ1v) is 10.8. The molecule has 9 heteroatoms. The Morgan fingerprint density at radius 3 is 2.48 bits per heavy atom. The molecule has 9 nitrogen and oxygen atoms in total. The Labute approximate surface area is 180 Å². The zero-order valence-electron chi connectivity index (χ0n) is 18.0. The van der Waals surface area contributed by atoms with E-state index in [4.69, 9.17) is 14.0 Å². The molecule has 2 aliphatic rings. The Morgan fingerprint density at radius 2 is 1.87 bits per heavy atom. The van der Waals surface area contributed by atoms with Crippen molar-refractivity contribution in [3.63, 3.8) is 0 Å². The molecule has 0 aromatic carbocycles. The van der Waals surface area contributed by atoms with Gasteiger partial charge in [-0.15, -0.1) is 0 Å². The summed E-state index contributed by atoms with van der Waals surface area (Å²) in [5.74, 6) is 2.10. The molecule has 0 spiro atoms. The van der Waals surface area contributed by atoms with E-state index in [2.05, 4.69) is 20.6 Å². The fourth-order valence-electron chi connectivity index (χ4n) is 4.17. The summed E-state index contributed by atoms with van der Waals surface area (Å²) in [6.07, 6.45) is 5.77. The van der Waals surface area contributed by atoms with Crippen molar-refractivity contribution in [1.29, 1.82) is 0 Å². The van der Waals surface area contributed by atoms with Crippen LogP contribution in [0, 0.1) is 20.8 Å². The first kappa shape index (κ1) is 19.7. The minimum absolute atomic E-state index is 0.0143. The predicted octanol–water partition coefficient (Wildman–Crippen LogP) is 3.64. The molecule has 162 valence electrons. The van der Waals surface area contributed by atoms with Gasteiger partial charge in [0.15, 0.2) is 5.76 Å². The highest BCUT2D eigenvalue weighted by atomic mass is 16.5. The SMILES string of the molecule is Cc1cc(-c2cnc(NC3CC3)nc2C2CCN(C(=O)c3c(C)noc3C)CC2)on1. The highest BCUT2D eigenvalue weighted by Crippen LogP contribution is 2.36. The van der Waals surface area contributed by atoms with Gasteiger partial charge >= 0.3 is 0 Å². The standard InChI is InChI=1S/C22H26N6O3/c1-12-10-18(31-26-12)17-11-23-22(24-16-4-5-16)25-20(17)15-6-8-28(9-7-15)21(29)19-13(2)27-30-14(19)3/h10-11,15-16H,4-9H2,1-3H3,(H,23,24,25). The van der Waals surface area contributed by atoms with Gasteiger partial charge < -0.3 is 19.3 Å². The minimum atomic E-state index is -0.0143. The monoisotopic (exact) mass is 422 g/mol. The van der Waals surface area contributed by atoms with E-state index in [9.17, 15) is 4.79 Å². The molecule has 1 aliphatic carbocycles. The van der Waals surface area contributed by atoms with Crippen molar-refractivity contribution in [2.24, 2.45) is 0 Å². The van der Waals surface area contributed by atoms with E-state index in [1.165, 1.54) is 0 Å². The van der Waals surface area contributed by atoms with Gasteiger partial charge in [0.25, 0.3) is 5.91 Å². The van der Waals surface area contributed by atoms with Crippen LogP contribution in [-0.2, 0) is 0 Å². The third kappa shape index (κ3) is 3.92. The number of hydrogen-bond donors (Lipinski definition) is 1. The van der Waals surface area contributed by atoms with Crippen LogP contribution in [0.2, 0.25) is 0 Å². The summed E-state index contributed by atoms with van der Waals surface area (Å²) in [5, 5.41) is 11.3. The minimum Gasteiger partial charge on any atom is -0.361 e. The predicted molar refractivity (Wildman–Crippen MR) is 113 cm³/mol. The van der Waals surface area contributed by atoms with Gasteiger partial charge in [-0.3, -0.25) is 4.79 Å². The molecular weight excluding hydrogens is 396 g/mol. The highest BCUT2D eigenvalue weighted by molar-refractivity contribution is 5.96. The Balaban J connectivity index is 1.38. The second-order valence-corrected chi connectivity index (χ2v) is 8.51. The lowest BCUT2D eigenvalue weighted by molar-refractivity contribution is 0.0709. The Morgan fingerprint density at radius 1 is 1.10 bits per heavy atom. The van der Waals surface area contributed by atoms with E-state index in [1.54, 1.807) is 13.8 Å². The number of anilines is 1. The lowest BCUT2D eigenvalue weighted by atomic mass is 9.90. The van der Waals surface area contributed by atoms with Gasteiger partial charge in [0.1, 0.15) is 11.3 Å². The maximum Gasteiger partial charge on any atom is 0.259 e. The van der Waals surface area contributed by atoms with Crippen molar-refractivity contribution >= 4 is 11.9 Å². The zero-order valence-corrected chi connectivity index (χ0v) is 18.0. The van der Waals surface area contributed by atoms with Crippen molar-refractivity contribution in [2.45, 2.75) is 58.4 Å². The van der Waals surface area contributed by atoms with Crippen LogP contribution in [0.4, 0.5) is 5.95 Å². The summed E-state index contributed by atoms with van der Waals surface area (Å²) < 4.78 is 10.7. The number of amides is 1. The molecule has 5 rings (SSSR count). The molecule has 4 heterocycles. The largest absolute Gasteiger partial charge is 0.361 e. The number of rotatable bonds is 5. The van der Waals surface area contributed by atoms with E-state index in [0.29, 0.717) is 47.9 Å². The van der Waals surface area contributed by atoms with E-state index >= 15 is 0 Å². The molecular formula is C22H26N6O3. The average molecular weight is 422 g/mol. The van der Waals surface area contributed by atoms with Crippen molar-refractivity contribution in [1.82, 2.24) is 25.2 Å². The van der Waals surface area contributed by atoms with Gasteiger partial charge in [-0.25, -0.2) is 9.97 Å². The summed E-state index contributed by atoms with van der Waals surface area (Å²) in [6, 6.07) is 2.38. The van der Waals surface area contributed by atoms with Gasteiger partial charge in [0.05, 0.1) is 22.6 Å². The second-order valence-electron chi connectivity index (χ2n) is 8.51. The third-order valence-corrected chi connectivity index (χ3v) is 6.04. The van der Waals surface area contributed by atoms with Crippen LogP contribution >= 0.6 is 0 Å². The molecule has 1 saturated carbocycles. The van der Waals surface area contributed by atoms with Crippen LogP contribution in [0.15, 0.2) is 21.3 Å². The second kappa shape index (κ2) is 7.79. The molecule has 3 aromatic rings. The molecule has 2 fully saturated rings. The number of aryl methyl sites for hydroxylation is 3. The number of likely N-dealkylation sites (tertiary alicyclic amines) is 1. The molecule has 3 aromatic heterocycles. The number of nitrogens with one attached hydrogen (secondary N) is 1. The maximum absolute atomic E-state index is 13.0. The Bertz CT molecular complexity index is 1090. The normalized spacial score (nSPS) is 17.2.